The highest BCUT2D eigenvalue weighted by Crippen LogP contribution is 2.29. The van der Waals surface area contributed by atoms with Crippen molar-refractivity contribution in [3.8, 4) is 0 Å². The number of hydrogen-bond donors (Lipinski definition) is 0. The molecule has 11 heteroatoms. The Hall–Kier alpha value is -2.92. The molecule has 0 saturated carbocycles. The lowest BCUT2D eigenvalue weighted by Gasteiger charge is -2.34. The summed E-state index contributed by atoms with van der Waals surface area (Å²) in [4.78, 5) is 17.0. The van der Waals surface area contributed by atoms with Gasteiger partial charge in [-0.25, -0.2) is 13.4 Å². The van der Waals surface area contributed by atoms with Gasteiger partial charge in [-0.05, 0) is 36.4 Å². The maximum Gasteiger partial charge on any atom is 0.433 e. The highest BCUT2D eigenvalue weighted by molar-refractivity contribution is 7.89. The maximum atomic E-state index is 13.1. The van der Waals surface area contributed by atoms with Crippen molar-refractivity contribution < 1.29 is 26.4 Å². The van der Waals surface area contributed by atoms with Crippen LogP contribution in [0.15, 0.2) is 53.6 Å². The molecule has 0 bridgehead atoms. The van der Waals surface area contributed by atoms with Crippen molar-refractivity contribution in [3.63, 3.8) is 0 Å². The van der Waals surface area contributed by atoms with Crippen LogP contribution in [0.3, 0.4) is 0 Å². The molecule has 1 aromatic carbocycles. The lowest BCUT2D eigenvalue weighted by atomic mass is 10.2. The molecular weight excluding hydrogens is 433 g/mol. The molecule has 0 unspecified atom stereocenters. The molecule has 164 valence electrons. The highest BCUT2D eigenvalue weighted by Gasteiger charge is 2.34. The Bertz CT molecular complexity index is 1250. The molecule has 2 aromatic heterocycles. The number of carbonyl (C=O) groups is 1. The van der Waals surface area contributed by atoms with E-state index in [-0.39, 0.29) is 42.8 Å². The molecule has 0 radical (unpaired) electrons. The van der Waals surface area contributed by atoms with Crippen molar-refractivity contribution in [2.45, 2.75) is 18.0 Å². The third kappa shape index (κ3) is 4.02. The second kappa shape index (κ2) is 7.65. The van der Waals surface area contributed by atoms with E-state index < -0.39 is 21.9 Å². The number of alkyl halides is 3. The normalized spacial score (nSPS) is 16.1. The van der Waals surface area contributed by atoms with Crippen LogP contribution in [0.1, 0.15) is 17.4 Å². The van der Waals surface area contributed by atoms with Crippen LogP contribution >= 0.6 is 0 Å². The molecule has 1 aliphatic rings. The van der Waals surface area contributed by atoms with Gasteiger partial charge in [-0.3, -0.25) is 9.36 Å². The molecule has 4 rings (SSSR count). The van der Waals surface area contributed by atoms with E-state index in [2.05, 4.69) is 4.98 Å². The van der Waals surface area contributed by atoms with Crippen LogP contribution in [-0.2, 0) is 16.2 Å². The molecule has 3 aromatic rings. The van der Waals surface area contributed by atoms with E-state index in [1.165, 1.54) is 40.1 Å². The third-order valence-electron chi connectivity index (χ3n) is 5.23. The molecule has 1 aliphatic heterocycles. The fraction of sp³-hybridized carbons (Fsp3) is 0.300. The van der Waals surface area contributed by atoms with Crippen LogP contribution in [0.25, 0.3) is 10.9 Å². The first-order chi connectivity index (χ1) is 14.6. The summed E-state index contributed by atoms with van der Waals surface area (Å²) >= 11 is 0. The number of aromatic nitrogens is 2. The van der Waals surface area contributed by atoms with Crippen LogP contribution in [0.5, 0.6) is 0 Å². The Morgan fingerprint density at radius 2 is 1.74 bits per heavy atom. The summed E-state index contributed by atoms with van der Waals surface area (Å²) in [6.45, 7) is 2.09. The Morgan fingerprint density at radius 3 is 2.39 bits per heavy atom. The Balaban J connectivity index is 1.52. The van der Waals surface area contributed by atoms with Gasteiger partial charge in [0.1, 0.15) is 11.5 Å². The lowest BCUT2D eigenvalue weighted by Crippen LogP contribution is -2.49. The van der Waals surface area contributed by atoms with E-state index in [1.807, 2.05) is 0 Å². The van der Waals surface area contributed by atoms with Gasteiger partial charge in [0, 0.05) is 44.7 Å². The van der Waals surface area contributed by atoms with Crippen LogP contribution in [0.4, 0.5) is 19.0 Å². The van der Waals surface area contributed by atoms with Gasteiger partial charge >= 0.3 is 6.18 Å². The summed E-state index contributed by atoms with van der Waals surface area (Å²) in [5.41, 5.74) is -0.363. The van der Waals surface area contributed by atoms with Crippen molar-refractivity contribution in [1.29, 1.82) is 0 Å². The second-order valence-corrected chi connectivity index (χ2v) is 9.13. The summed E-state index contributed by atoms with van der Waals surface area (Å²) in [5, 5.41) is 0.628. The number of nitrogens with zero attached hydrogens (tertiary/aromatic N) is 4. The first-order valence-electron chi connectivity index (χ1n) is 9.49. The SMILES string of the molecule is CC(=O)n1ccc2cc(S(=O)(=O)N3CCN(c4cccc(C(F)(F)F)n4)CC3)ccc21. The number of pyridine rings is 1. The zero-order valence-electron chi connectivity index (χ0n) is 16.5. The molecule has 1 fully saturated rings. The number of anilines is 1. The average Bonchev–Trinajstić information content (AvgIpc) is 3.17. The van der Waals surface area contributed by atoms with E-state index in [4.69, 9.17) is 0 Å². The maximum absolute atomic E-state index is 13.1. The van der Waals surface area contributed by atoms with Crippen LogP contribution < -0.4 is 4.90 Å². The minimum Gasteiger partial charge on any atom is -0.354 e. The summed E-state index contributed by atoms with van der Waals surface area (Å²) in [5.74, 6) is -0.0104. The van der Waals surface area contributed by atoms with Gasteiger partial charge < -0.3 is 4.90 Å². The summed E-state index contributed by atoms with van der Waals surface area (Å²) in [6, 6.07) is 9.91. The van der Waals surface area contributed by atoms with Crippen molar-refractivity contribution in [3.05, 3.63) is 54.4 Å². The van der Waals surface area contributed by atoms with Gasteiger partial charge in [0.25, 0.3) is 0 Å². The largest absolute Gasteiger partial charge is 0.433 e. The van der Waals surface area contributed by atoms with E-state index >= 15 is 0 Å². The molecule has 0 amide bonds. The second-order valence-electron chi connectivity index (χ2n) is 7.20. The van der Waals surface area contributed by atoms with Crippen LogP contribution in [0.2, 0.25) is 0 Å². The minimum absolute atomic E-state index is 0.104. The van der Waals surface area contributed by atoms with E-state index in [9.17, 15) is 26.4 Å². The summed E-state index contributed by atoms with van der Waals surface area (Å²) < 4.78 is 67.6. The minimum atomic E-state index is -4.54. The predicted octanol–water partition coefficient (Wildman–Crippen LogP) is 3.23. The van der Waals surface area contributed by atoms with Crippen molar-refractivity contribution in [2.24, 2.45) is 0 Å². The van der Waals surface area contributed by atoms with Gasteiger partial charge in [0.2, 0.25) is 15.9 Å². The monoisotopic (exact) mass is 452 g/mol. The third-order valence-corrected chi connectivity index (χ3v) is 7.12. The Labute approximate surface area is 176 Å². The Morgan fingerprint density at radius 1 is 1.03 bits per heavy atom. The fourth-order valence-corrected chi connectivity index (χ4v) is 5.08. The number of hydrogen-bond acceptors (Lipinski definition) is 5. The molecule has 0 N–H and O–H groups in total. The van der Waals surface area contributed by atoms with Crippen molar-refractivity contribution in [2.75, 3.05) is 31.1 Å². The zero-order valence-corrected chi connectivity index (χ0v) is 17.3. The lowest BCUT2D eigenvalue weighted by molar-refractivity contribution is -0.141. The standard InChI is InChI=1S/C20H19F3N4O3S/c1-14(28)27-8-7-15-13-16(5-6-17(15)27)31(29,30)26-11-9-25(10-12-26)19-4-2-3-18(24-19)20(21,22)23/h2-8,13H,9-12H2,1H3. The molecule has 0 aliphatic carbocycles. The zero-order chi connectivity index (χ0) is 22.4. The number of fused-ring (bicyclic) bond motifs is 1. The van der Waals surface area contributed by atoms with Gasteiger partial charge in [0.05, 0.1) is 10.4 Å². The number of halogens is 3. The number of carbonyl (C=O) groups excluding carboxylic acids is 1. The topological polar surface area (TPSA) is 75.5 Å². The highest BCUT2D eigenvalue weighted by atomic mass is 32.2. The van der Waals surface area contributed by atoms with Gasteiger partial charge in [-0.1, -0.05) is 6.07 Å². The predicted molar refractivity (Wildman–Crippen MR) is 108 cm³/mol. The van der Waals surface area contributed by atoms with E-state index in [0.717, 1.165) is 6.07 Å². The summed E-state index contributed by atoms with van der Waals surface area (Å²) in [6.07, 6.45) is -2.95. The van der Waals surface area contributed by atoms with Crippen LogP contribution in [0, 0.1) is 0 Å². The van der Waals surface area contributed by atoms with E-state index in [0.29, 0.717) is 10.9 Å². The van der Waals surface area contributed by atoms with Gasteiger partial charge in [-0.2, -0.15) is 17.5 Å². The molecule has 3 heterocycles. The van der Waals surface area contributed by atoms with Gasteiger partial charge in [-0.15, -0.1) is 0 Å². The quantitative estimate of drug-likeness (QED) is 0.610. The molecule has 1 saturated heterocycles. The van der Waals surface area contributed by atoms with Crippen molar-refractivity contribution >= 4 is 32.7 Å². The number of sulfonamides is 1. The fourth-order valence-electron chi connectivity index (χ4n) is 3.62. The first kappa shape index (κ1) is 21.3. The van der Waals surface area contributed by atoms with E-state index in [1.54, 1.807) is 23.2 Å². The van der Waals surface area contributed by atoms with Crippen LogP contribution in [-0.4, -0.2) is 54.4 Å². The molecule has 0 spiro atoms. The van der Waals surface area contributed by atoms with Crippen molar-refractivity contribution in [1.82, 2.24) is 13.9 Å². The molecule has 31 heavy (non-hydrogen) atoms. The molecule has 7 nitrogen and oxygen atoms in total. The number of rotatable bonds is 3. The number of benzene rings is 1. The number of piperazine rings is 1. The van der Waals surface area contributed by atoms with Gasteiger partial charge in [0.15, 0.2) is 0 Å². The summed E-state index contributed by atoms with van der Waals surface area (Å²) in [7, 11) is -3.79. The Kier molecular flexibility index (Phi) is 5.26. The average molecular weight is 452 g/mol. The smallest absolute Gasteiger partial charge is 0.354 e. The first-order valence-corrected chi connectivity index (χ1v) is 10.9. The molecule has 0 atom stereocenters. The molecular formula is C20H19F3N4O3S.